The van der Waals surface area contributed by atoms with Crippen LogP contribution in [0.5, 0.6) is 0 Å². The zero-order valence-corrected chi connectivity index (χ0v) is 16.7. The number of rotatable bonds is 6. The van der Waals surface area contributed by atoms with E-state index in [-0.39, 0.29) is 16.1 Å². The average molecular weight is 362 g/mol. The maximum Gasteiger partial charge on any atom is 0.215 e. The van der Waals surface area contributed by atoms with Crippen molar-refractivity contribution in [2.24, 2.45) is 11.8 Å². The van der Waals surface area contributed by atoms with Crippen molar-refractivity contribution in [1.29, 1.82) is 0 Å². The third-order valence-corrected chi connectivity index (χ3v) is 8.26. The summed E-state index contributed by atoms with van der Waals surface area (Å²) in [5.41, 5.74) is 2.27. The molecular formula is C22H33O2S+. The van der Waals surface area contributed by atoms with E-state index in [9.17, 15) is 4.79 Å². The summed E-state index contributed by atoms with van der Waals surface area (Å²) in [5, 5.41) is 0.236. The molecule has 3 heteroatoms. The molecule has 1 saturated carbocycles. The van der Waals surface area contributed by atoms with Gasteiger partial charge in [0.25, 0.3) is 0 Å². The van der Waals surface area contributed by atoms with Gasteiger partial charge < -0.3 is 4.74 Å². The van der Waals surface area contributed by atoms with E-state index in [1.54, 1.807) is 0 Å². The quantitative estimate of drug-likeness (QED) is 0.544. The number of hydrogen-bond donors (Lipinski definition) is 0. The molecule has 3 rings (SSSR count). The predicted octanol–water partition coefficient (Wildman–Crippen LogP) is 4.67. The van der Waals surface area contributed by atoms with Crippen LogP contribution in [0.1, 0.15) is 61.9 Å². The molecule has 0 bridgehead atoms. The number of ether oxygens (including phenoxy) is 1. The molecule has 1 unspecified atom stereocenters. The van der Waals surface area contributed by atoms with Crippen molar-refractivity contribution in [3.8, 4) is 0 Å². The van der Waals surface area contributed by atoms with Gasteiger partial charge in [0, 0.05) is 22.4 Å². The molecule has 1 saturated heterocycles. The second-order valence-corrected chi connectivity index (χ2v) is 10.4. The van der Waals surface area contributed by atoms with Crippen LogP contribution in [0.25, 0.3) is 0 Å². The van der Waals surface area contributed by atoms with E-state index in [0.717, 1.165) is 36.7 Å². The van der Waals surface area contributed by atoms with Crippen molar-refractivity contribution < 1.29 is 9.53 Å². The first-order chi connectivity index (χ1) is 12.1. The van der Waals surface area contributed by atoms with Gasteiger partial charge in [0.15, 0.2) is 5.25 Å². The van der Waals surface area contributed by atoms with E-state index in [0.29, 0.717) is 17.6 Å². The van der Waals surface area contributed by atoms with E-state index < -0.39 is 0 Å². The SMILES string of the molecule is CC(C)Cc1ccc(C(=O)C(C2CCCCC2)[S+]2CCOCC2)cc1. The predicted molar refractivity (Wildman–Crippen MR) is 108 cm³/mol. The molecule has 0 aromatic heterocycles. The molecule has 138 valence electrons. The Labute approximate surface area is 156 Å². The van der Waals surface area contributed by atoms with Gasteiger partial charge in [-0.05, 0) is 30.7 Å². The van der Waals surface area contributed by atoms with Crippen LogP contribution in [0, 0.1) is 11.8 Å². The Bertz CT molecular complexity index is 522. The second-order valence-electron chi connectivity index (χ2n) is 8.04. The molecule has 2 aliphatic rings. The van der Waals surface area contributed by atoms with Gasteiger partial charge in [0.1, 0.15) is 11.5 Å². The standard InChI is InChI=1S/C22H33O2S/c1-17(2)16-18-8-10-19(11-9-18)21(23)22(20-6-4-3-5-7-20)25-14-12-24-13-15-25/h8-11,17,20,22H,3-7,12-16H2,1-2H3/q+1. The fourth-order valence-corrected chi connectivity index (χ4v) is 6.94. The van der Waals surface area contributed by atoms with Crippen molar-refractivity contribution in [1.82, 2.24) is 0 Å². The lowest BCUT2D eigenvalue weighted by Gasteiger charge is -2.30. The van der Waals surface area contributed by atoms with Gasteiger partial charge in [-0.25, -0.2) is 0 Å². The summed E-state index contributed by atoms with van der Waals surface area (Å²) in [6.45, 7) is 6.16. The van der Waals surface area contributed by atoms with Crippen LogP contribution >= 0.6 is 0 Å². The van der Waals surface area contributed by atoms with Gasteiger partial charge in [0.05, 0.1) is 13.2 Å². The minimum absolute atomic E-state index is 0.200. The maximum absolute atomic E-state index is 13.4. The highest BCUT2D eigenvalue weighted by Gasteiger charge is 2.44. The number of carbonyl (C=O) groups is 1. The first-order valence-corrected chi connectivity index (χ1v) is 11.6. The summed E-state index contributed by atoms with van der Waals surface area (Å²) in [5.74, 6) is 3.82. The van der Waals surface area contributed by atoms with Gasteiger partial charge in [-0.2, -0.15) is 0 Å². The smallest absolute Gasteiger partial charge is 0.215 e. The second kappa shape index (κ2) is 9.23. The highest BCUT2D eigenvalue weighted by atomic mass is 32.2. The third-order valence-electron chi connectivity index (χ3n) is 5.56. The van der Waals surface area contributed by atoms with Crippen molar-refractivity contribution >= 4 is 16.7 Å². The maximum atomic E-state index is 13.4. The van der Waals surface area contributed by atoms with Crippen LogP contribution in [0.3, 0.4) is 0 Å². The van der Waals surface area contributed by atoms with Gasteiger partial charge in [-0.3, -0.25) is 4.79 Å². The topological polar surface area (TPSA) is 26.3 Å². The van der Waals surface area contributed by atoms with Gasteiger partial charge >= 0.3 is 0 Å². The molecule has 0 N–H and O–H groups in total. The molecule has 0 amide bonds. The van der Waals surface area contributed by atoms with E-state index in [4.69, 9.17) is 4.74 Å². The summed E-state index contributed by atoms with van der Waals surface area (Å²) >= 11 is 0. The molecule has 1 heterocycles. The Balaban J connectivity index is 1.77. The molecule has 1 atom stereocenters. The zero-order valence-electron chi connectivity index (χ0n) is 15.8. The Morgan fingerprint density at radius 1 is 1.08 bits per heavy atom. The number of Topliss-reactive ketones (excluding diaryl/α,β-unsaturated/α-hetero) is 1. The monoisotopic (exact) mass is 361 g/mol. The molecule has 1 aliphatic carbocycles. The fraction of sp³-hybridized carbons (Fsp3) is 0.682. The Morgan fingerprint density at radius 2 is 1.72 bits per heavy atom. The highest BCUT2D eigenvalue weighted by Crippen LogP contribution is 2.33. The molecule has 2 fully saturated rings. The third kappa shape index (κ3) is 5.10. The lowest BCUT2D eigenvalue weighted by Crippen LogP contribution is -2.45. The minimum atomic E-state index is 0.200. The molecule has 2 nitrogen and oxygen atoms in total. The van der Waals surface area contributed by atoms with Crippen LogP contribution < -0.4 is 0 Å². The van der Waals surface area contributed by atoms with E-state index in [1.807, 2.05) is 0 Å². The van der Waals surface area contributed by atoms with Gasteiger partial charge in [-0.1, -0.05) is 57.4 Å². The van der Waals surface area contributed by atoms with Crippen LogP contribution in [0.2, 0.25) is 0 Å². The summed E-state index contributed by atoms with van der Waals surface area (Å²) in [7, 11) is 0.200. The zero-order chi connectivity index (χ0) is 17.6. The Kier molecular flexibility index (Phi) is 7.00. The fourth-order valence-electron chi connectivity index (χ4n) is 4.31. The Morgan fingerprint density at radius 3 is 2.32 bits per heavy atom. The normalized spacial score (nSPS) is 21.4. The summed E-state index contributed by atoms with van der Waals surface area (Å²) in [6.07, 6.45) is 7.52. The number of benzene rings is 1. The van der Waals surface area contributed by atoms with Crippen molar-refractivity contribution in [3.05, 3.63) is 35.4 Å². The molecular weight excluding hydrogens is 328 g/mol. The van der Waals surface area contributed by atoms with E-state index >= 15 is 0 Å². The average Bonchev–Trinajstić information content (AvgIpc) is 2.64. The van der Waals surface area contributed by atoms with Crippen molar-refractivity contribution in [2.75, 3.05) is 24.7 Å². The minimum Gasteiger partial charge on any atom is -0.372 e. The lowest BCUT2D eigenvalue weighted by atomic mass is 9.84. The van der Waals surface area contributed by atoms with Crippen LogP contribution in [-0.4, -0.2) is 35.8 Å². The summed E-state index contributed by atoms with van der Waals surface area (Å²) in [6, 6.07) is 8.50. The summed E-state index contributed by atoms with van der Waals surface area (Å²) in [4.78, 5) is 13.4. The molecule has 0 spiro atoms. The van der Waals surface area contributed by atoms with Crippen LogP contribution in [0.4, 0.5) is 0 Å². The lowest BCUT2D eigenvalue weighted by molar-refractivity contribution is 0.0955. The molecule has 1 aliphatic heterocycles. The molecule has 25 heavy (non-hydrogen) atoms. The first-order valence-electron chi connectivity index (χ1n) is 10.0. The molecule has 1 aromatic rings. The first kappa shape index (κ1) is 19.0. The van der Waals surface area contributed by atoms with Crippen LogP contribution in [0.15, 0.2) is 24.3 Å². The molecule has 1 aromatic carbocycles. The Hall–Kier alpha value is -0.800. The number of carbonyl (C=O) groups excluding carboxylic acids is 1. The highest BCUT2D eigenvalue weighted by molar-refractivity contribution is 7.98. The van der Waals surface area contributed by atoms with Crippen molar-refractivity contribution in [2.45, 2.75) is 57.6 Å². The summed E-state index contributed by atoms with van der Waals surface area (Å²) < 4.78 is 5.57. The van der Waals surface area contributed by atoms with Gasteiger partial charge in [0.2, 0.25) is 5.78 Å². The van der Waals surface area contributed by atoms with Crippen molar-refractivity contribution in [3.63, 3.8) is 0 Å². The van der Waals surface area contributed by atoms with Crippen LogP contribution in [-0.2, 0) is 22.1 Å². The van der Waals surface area contributed by atoms with E-state index in [2.05, 4.69) is 38.1 Å². The van der Waals surface area contributed by atoms with E-state index in [1.165, 1.54) is 37.7 Å². The van der Waals surface area contributed by atoms with Gasteiger partial charge in [-0.15, -0.1) is 0 Å². The largest absolute Gasteiger partial charge is 0.372 e. The number of ketones is 1. The number of hydrogen-bond acceptors (Lipinski definition) is 2. The molecule has 0 radical (unpaired) electrons.